The average Bonchev–Trinajstić information content (AvgIpc) is 3.43. The summed E-state index contributed by atoms with van der Waals surface area (Å²) in [5.41, 5.74) is 0.628. The third kappa shape index (κ3) is 4.37. The van der Waals surface area contributed by atoms with E-state index in [0.717, 1.165) is 36.4 Å². The van der Waals surface area contributed by atoms with E-state index >= 15 is 0 Å². The van der Waals surface area contributed by atoms with Gasteiger partial charge in [-0.15, -0.1) is 0 Å². The van der Waals surface area contributed by atoms with Gasteiger partial charge in [-0.3, -0.25) is 20.0 Å². The van der Waals surface area contributed by atoms with E-state index in [2.05, 4.69) is 20.5 Å². The molecule has 0 atom stereocenters. The third-order valence-corrected chi connectivity index (χ3v) is 4.36. The van der Waals surface area contributed by atoms with E-state index in [1.165, 1.54) is 6.07 Å². The van der Waals surface area contributed by atoms with E-state index in [0.29, 0.717) is 17.4 Å². The van der Waals surface area contributed by atoms with E-state index in [-0.39, 0.29) is 12.4 Å². The van der Waals surface area contributed by atoms with Crippen molar-refractivity contribution < 1.29 is 18.8 Å². The maximum atomic E-state index is 13.6. The van der Waals surface area contributed by atoms with Gasteiger partial charge in [0.2, 0.25) is 5.82 Å². The number of benzene rings is 2. The first-order valence-corrected chi connectivity index (χ1v) is 8.89. The molecule has 1 aromatic heterocycles. The fourth-order valence-electron chi connectivity index (χ4n) is 2.75. The highest BCUT2D eigenvalue weighted by molar-refractivity contribution is 5.92. The van der Waals surface area contributed by atoms with E-state index in [4.69, 9.17) is 4.74 Å². The van der Waals surface area contributed by atoms with Crippen LogP contribution in [0.3, 0.4) is 0 Å². The number of H-pyrrole nitrogens is 1. The first-order valence-electron chi connectivity index (χ1n) is 8.89. The number of anilines is 1. The van der Waals surface area contributed by atoms with Gasteiger partial charge in [-0.1, -0.05) is 12.1 Å². The van der Waals surface area contributed by atoms with Crippen molar-refractivity contribution in [2.45, 2.75) is 18.8 Å². The van der Waals surface area contributed by atoms with E-state index < -0.39 is 22.3 Å². The Morgan fingerprint density at radius 2 is 2.14 bits per heavy atom. The van der Waals surface area contributed by atoms with Gasteiger partial charge in [0.05, 0.1) is 4.92 Å². The second kappa shape index (κ2) is 7.66. The minimum absolute atomic E-state index is 0.0188. The van der Waals surface area contributed by atoms with Crippen LogP contribution >= 0.6 is 0 Å². The molecule has 0 unspecified atom stereocenters. The van der Waals surface area contributed by atoms with Gasteiger partial charge in [-0.05, 0) is 31.0 Å². The summed E-state index contributed by atoms with van der Waals surface area (Å²) in [5.74, 6) is 0.414. The lowest BCUT2D eigenvalue weighted by Crippen LogP contribution is -2.20. The first-order chi connectivity index (χ1) is 14.0. The summed E-state index contributed by atoms with van der Waals surface area (Å²) in [6.45, 7) is -0.381. The predicted molar refractivity (Wildman–Crippen MR) is 101 cm³/mol. The number of hydrogen-bond acceptors (Lipinski definition) is 6. The lowest BCUT2D eigenvalue weighted by molar-refractivity contribution is -0.387. The number of hydrogen-bond donors (Lipinski definition) is 2. The molecule has 1 saturated carbocycles. The molecule has 1 fully saturated rings. The Labute approximate surface area is 164 Å². The van der Waals surface area contributed by atoms with Gasteiger partial charge in [0, 0.05) is 29.3 Å². The Hall–Kier alpha value is -3.82. The number of nitro groups is 1. The van der Waals surface area contributed by atoms with Crippen molar-refractivity contribution >= 4 is 17.3 Å². The molecule has 1 aliphatic rings. The minimum atomic E-state index is -1.03. The lowest BCUT2D eigenvalue weighted by Gasteiger charge is -2.08. The van der Waals surface area contributed by atoms with Gasteiger partial charge in [0.1, 0.15) is 11.6 Å². The second-order valence-corrected chi connectivity index (χ2v) is 6.61. The Morgan fingerprint density at radius 3 is 2.86 bits per heavy atom. The highest BCUT2D eigenvalue weighted by atomic mass is 19.1. The Balaban J connectivity index is 1.37. The summed E-state index contributed by atoms with van der Waals surface area (Å²) in [4.78, 5) is 26.4. The molecule has 0 spiro atoms. The molecule has 9 nitrogen and oxygen atoms in total. The van der Waals surface area contributed by atoms with Crippen LogP contribution in [0.15, 0.2) is 42.5 Å². The van der Waals surface area contributed by atoms with Crippen molar-refractivity contribution in [1.29, 1.82) is 0 Å². The fraction of sp³-hybridized carbons (Fsp3) is 0.211. The topological polar surface area (TPSA) is 123 Å². The molecule has 1 amide bonds. The molecule has 1 heterocycles. The summed E-state index contributed by atoms with van der Waals surface area (Å²) in [6, 6.07) is 10.1. The first kappa shape index (κ1) is 18.5. The van der Waals surface area contributed by atoms with Gasteiger partial charge in [-0.2, -0.15) is 9.49 Å². The van der Waals surface area contributed by atoms with Crippen LogP contribution in [0, 0.1) is 15.9 Å². The zero-order valence-electron chi connectivity index (χ0n) is 15.1. The van der Waals surface area contributed by atoms with Gasteiger partial charge < -0.3 is 10.1 Å². The monoisotopic (exact) mass is 397 g/mol. The van der Waals surface area contributed by atoms with Gasteiger partial charge >= 0.3 is 5.69 Å². The maximum Gasteiger partial charge on any atom is 0.305 e. The number of rotatable bonds is 7. The molecule has 0 bridgehead atoms. The van der Waals surface area contributed by atoms with Crippen molar-refractivity contribution in [2.24, 2.45) is 0 Å². The number of halogens is 1. The van der Waals surface area contributed by atoms with Gasteiger partial charge in [0.25, 0.3) is 5.91 Å². The number of nitrogens with zero attached hydrogens (tertiary/aromatic N) is 3. The normalized spacial score (nSPS) is 13.1. The molecule has 0 saturated heterocycles. The molecule has 3 aromatic rings. The van der Waals surface area contributed by atoms with Gasteiger partial charge in [0.15, 0.2) is 12.4 Å². The van der Waals surface area contributed by atoms with Crippen molar-refractivity contribution in [3.63, 3.8) is 0 Å². The zero-order chi connectivity index (χ0) is 20.4. The molecule has 0 radical (unpaired) electrons. The van der Waals surface area contributed by atoms with E-state index in [1.807, 2.05) is 6.07 Å². The number of aromatic amines is 1. The van der Waals surface area contributed by atoms with Crippen LogP contribution in [0.4, 0.5) is 15.8 Å². The highest BCUT2D eigenvalue weighted by Crippen LogP contribution is 2.38. The summed E-state index contributed by atoms with van der Waals surface area (Å²) >= 11 is 0. The van der Waals surface area contributed by atoms with Crippen LogP contribution in [0.2, 0.25) is 0 Å². The maximum absolute atomic E-state index is 13.6. The summed E-state index contributed by atoms with van der Waals surface area (Å²) in [7, 11) is 0. The molecule has 1 aliphatic carbocycles. The zero-order valence-corrected chi connectivity index (χ0v) is 15.1. The van der Waals surface area contributed by atoms with Crippen molar-refractivity contribution in [3.05, 3.63) is 64.2 Å². The van der Waals surface area contributed by atoms with Crippen LogP contribution in [-0.2, 0) is 4.79 Å². The fourth-order valence-corrected chi connectivity index (χ4v) is 2.75. The molecule has 2 aromatic carbocycles. The SMILES string of the molecule is O=C(COc1ccc([N+](=O)[O-])c(F)c1)Nc1cccc(-c2n[nH]c(C3CC3)n2)c1. The quantitative estimate of drug-likeness (QED) is 0.465. The average molecular weight is 397 g/mol. The lowest BCUT2D eigenvalue weighted by atomic mass is 10.2. The highest BCUT2D eigenvalue weighted by Gasteiger charge is 2.27. The van der Waals surface area contributed by atoms with Crippen molar-refractivity contribution in [1.82, 2.24) is 15.2 Å². The predicted octanol–water partition coefficient (Wildman–Crippen LogP) is 3.41. The van der Waals surface area contributed by atoms with E-state index in [1.54, 1.807) is 18.2 Å². The Morgan fingerprint density at radius 1 is 1.31 bits per heavy atom. The third-order valence-electron chi connectivity index (χ3n) is 4.36. The largest absolute Gasteiger partial charge is 0.484 e. The van der Waals surface area contributed by atoms with E-state index in [9.17, 15) is 19.3 Å². The standard InChI is InChI=1S/C19H16FN5O4/c20-15-9-14(6-7-16(15)25(27)28)29-10-17(26)21-13-3-1-2-12(8-13)19-22-18(23-24-19)11-4-5-11/h1-3,6-9,11H,4-5,10H2,(H,21,26)(H,22,23,24). The number of carbonyl (C=O) groups is 1. The molecule has 0 aliphatic heterocycles. The van der Waals surface area contributed by atoms with Crippen molar-refractivity contribution in [2.75, 3.05) is 11.9 Å². The molecule has 29 heavy (non-hydrogen) atoms. The van der Waals surface area contributed by atoms with Crippen LogP contribution in [-0.4, -0.2) is 32.6 Å². The minimum Gasteiger partial charge on any atom is -0.484 e. The van der Waals surface area contributed by atoms with Crippen LogP contribution < -0.4 is 10.1 Å². The Bertz CT molecular complexity index is 1080. The number of nitro benzene ring substituents is 1. The van der Waals surface area contributed by atoms with Gasteiger partial charge in [-0.25, -0.2) is 4.98 Å². The van der Waals surface area contributed by atoms with Crippen LogP contribution in [0.1, 0.15) is 24.6 Å². The second-order valence-electron chi connectivity index (χ2n) is 6.61. The Kier molecular flexibility index (Phi) is 4.90. The number of ether oxygens (including phenoxy) is 1. The number of nitrogens with one attached hydrogen (secondary N) is 2. The molecule has 148 valence electrons. The van der Waals surface area contributed by atoms with Crippen LogP contribution in [0.5, 0.6) is 5.75 Å². The molecular formula is C19H16FN5O4. The number of carbonyl (C=O) groups excluding carboxylic acids is 1. The molecule has 10 heteroatoms. The summed E-state index contributed by atoms with van der Waals surface area (Å²) in [5, 5.41) is 20.5. The molecule has 2 N–H and O–H groups in total. The molecular weight excluding hydrogens is 381 g/mol. The summed E-state index contributed by atoms with van der Waals surface area (Å²) in [6.07, 6.45) is 2.23. The molecule has 4 rings (SSSR count). The number of aromatic nitrogens is 3. The summed E-state index contributed by atoms with van der Waals surface area (Å²) < 4.78 is 18.8. The van der Waals surface area contributed by atoms with Crippen LogP contribution in [0.25, 0.3) is 11.4 Å². The van der Waals surface area contributed by atoms with Crippen molar-refractivity contribution in [3.8, 4) is 17.1 Å². The number of amides is 1. The smallest absolute Gasteiger partial charge is 0.305 e.